The van der Waals surface area contributed by atoms with Crippen molar-refractivity contribution in [3.63, 3.8) is 0 Å². The van der Waals surface area contributed by atoms with Crippen molar-refractivity contribution in [2.75, 3.05) is 7.11 Å². The second-order valence-corrected chi connectivity index (χ2v) is 5.32. The third-order valence-electron chi connectivity index (χ3n) is 3.88. The summed E-state index contributed by atoms with van der Waals surface area (Å²) in [7, 11) is 1.76. The lowest BCUT2D eigenvalue weighted by molar-refractivity contribution is -0.141. The summed E-state index contributed by atoms with van der Waals surface area (Å²) in [6, 6.07) is 0. The van der Waals surface area contributed by atoms with Gasteiger partial charge in [-0.25, -0.2) is 0 Å². The number of carbonyl (C=O) groups is 1. The molecule has 0 spiro atoms. The zero-order valence-electron chi connectivity index (χ0n) is 10.7. The van der Waals surface area contributed by atoms with E-state index in [1.165, 1.54) is 0 Å². The minimum absolute atomic E-state index is 0.0627. The number of ether oxygens (including phenoxy) is 1. The Balaban J connectivity index is 2.45. The van der Waals surface area contributed by atoms with E-state index in [9.17, 15) is 4.79 Å². The summed E-state index contributed by atoms with van der Waals surface area (Å²) in [5, 5.41) is 8.96. The van der Waals surface area contributed by atoms with Gasteiger partial charge in [0.2, 0.25) is 0 Å². The van der Waals surface area contributed by atoms with Crippen LogP contribution in [0.5, 0.6) is 0 Å². The monoisotopic (exact) mass is 228 g/mol. The first-order valence-corrected chi connectivity index (χ1v) is 6.28. The summed E-state index contributed by atoms with van der Waals surface area (Å²) < 4.78 is 5.59. The topological polar surface area (TPSA) is 46.5 Å². The fourth-order valence-electron chi connectivity index (χ4n) is 2.91. The predicted octanol–water partition coefficient (Wildman–Crippen LogP) is 3.08. The zero-order chi connectivity index (χ0) is 12.2. The van der Waals surface area contributed by atoms with Crippen LogP contribution in [0.3, 0.4) is 0 Å². The van der Waals surface area contributed by atoms with Crippen LogP contribution in [0.25, 0.3) is 0 Å². The average Bonchev–Trinajstić information content (AvgIpc) is 2.66. The molecule has 0 heterocycles. The molecule has 16 heavy (non-hydrogen) atoms. The highest BCUT2D eigenvalue weighted by atomic mass is 16.5. The molecule has 1 fully saturated rings. The average molecular weight is 228 g/mol. The van der Waals surface area contributed by atoms with E-state index in [2.05, 4.69) is 13.8 Å². The molecular formula is C13H24O3. The molecule has 1 aliphatic carbocycles. The quantitative estimate of drug-likeness (QED) is 0.760. The van der Waals surface area contributed by atoms with Crippen molar-refractivity contribution in [1.82, 2.24) is 0 Å². The highest BCUT2D eigenvalue weighted by Gasteiger charge is 2.34. The van der Waals surface area contributed by atoms with Crippen LogP contribution in [0.15, 0.2) is 0 Å². The van der Waals surface area contributed by atoms with Gasteiger partial charge in [0.15, 0.2) is 0 Å². The summed E-state index contributed by atoms with van der Waals surface area (Å²) >= 11 is 0. The van der Waals surface area contributed by atoms with Gasteiger partial charge in [-0.3, -0.25) is 4.79 Å². The van der Waals surface area contributed by atoms with Gasteiger partial charge in [-0.05, 0) is 44.9 Å². The highest BCUT2D eigenvalue weighted by Crippen LogP contribution is 2.38. The van der Waals surface area contributed by atoms with Crippen LogP contribution in [-0.4, -0.2) is 23.8 Å². The number of carboxylic acid groups (broad SMARTS) is 1. The smallest absolute Gasteiger partial charge is 0.306 e. The van der Waals surface area contributed by atoms with Crippen LogP contribution in [0.1, 0.15) is 52.4 Å². The SMILES string of the molecule is CCC[C@@](C)(CC1CC[C@H](C(=O)O)C1)OC. The van der Waals surface area contributed by atoms with Gasteiger partial charge in [0.05, 0.1) is 11.5 Å². The van der Waals surface area contributed by atoms with Crippen LogP contribution in [0.2, 0.25) is 0 Å². The molecule has 0 aliphatic heterocycles. The first-order valence-electron chi connectivity index (χ1n) is 6.28. The molecule has 94 valence electrons. The Morgan fingerprint density at radius 2 is 2.19 bits per heavy atom. The Morgan fingerprint density at radius 1 is 1.50 bits per heavy atom. The summed E-state index contributed by atoms with van der Waals surface area (Å²) in [6.45, 7) is 4.30. The van der Waals surface area contributed by atoms with E-state index >= 15 is 0 Å². The zero-order valence-corrected chi connectivity index (χ0v) is 10.7. The molecule has 0 amide bonds. The van der Waals surface area contributed by atoms with Gasteiger partial charge in [0.1, 0.15) is 0 Å². The van der Waals surface area contributed by atoms with Crippen molar-refractivity contribution >= 4 is 5.97 Å². The van der Waals surface area contributed by atoms with Crippen molar-refractivity contribution in [2.24, 2.45) is 11.8 Å². The van der Waals surface area contributed by atoms with E-state index in [4.69, 9.17) is 9.84 Å². The third kappa shape index (κ3) is 3.48. The third-order valence-corrected chi connectivity index (χ3v) is 3.88. The molecule has 1 saturated carbocycles. The van der Waals surface area contributed by atoms with E-state index in [0.717, 1.165) is 38.5 Å². The molecule has 1 N–H and O–H groups in total. The fourth-order valence-corrected chi connectivity index (χ4v) is 2.91. The molecule has 1 aliphatic rings. The van der Waals surface area contributed by atoms with E-state index in [1.807, 2.05) is 0 Å². The summed E-state index contributed by atoms with van der Waals surface area (Å²) in [6.07, 6.45) is 5.88. The summed E-state index contributed by atoms with van der Waals surface area (Å²) in [4.78, 5) is 10.9. The lowest BCUT2D eigenvalue weighted by Gasteiger charge is -2.30. The molecule has 0 bridgehead atoms. The van der Waals surface area contributed by atoms with E-state index in [0.29, 0.717) is 5.92 Å². The largest absolute Gasteiger partial charge is 0.481 e. The summed E-state index contributed by atoms with van der Waals surface area (Å²) in [5.74, 6) is -0.220. The van der Waals surface area contributed by atoms with Gasteiger partial charge in [0, 0.05) is 7.11 Å². The van der Waals surface area contributed by atoms with Crippen LogP contribution >= 0.6 is 0 Å². The number of hydrogen-bond acceptors (Lipinski definition) is 2. The van der Waals surface area contributed by atoms with Gasteiger partial charge < -0.3 is 9.84 Å². The molecule has 0 aromatic carbocycles. The van der Waals surface area contributed by atoms with E-state index in [-0.39, 0.29) is 11.5 Å². The van der Waals surface area contributed by atoms with Gasteiger partial charge in [-0.15, -0.1) is 0 Å². The number of rotatable bonds is 6. The molecule has 0 aromatic heterocycles. The van der Waals surface area contributed by atoms with Crippen molar-refractivity contribution in [1.29, 1.82) is 0 Å². The Morgan fingerprint density at radius 3 is 2.62 bits per heavy atom. The number of methoxy groups -OCH3 is 1. The Hall–Kier alpha value is -0.570. The van der Waals surface area contributed by atoms with Crippen LogP contribution in [-0.2, 0) is 9.53 Å². The first kappa shape index (κ1) is 13.5. The maximum atomic E-state index is 10.9. The normalized spacial score (nSPS) is 28.9. The molecule has 1 rings (SSSR count). The van der Waals surface area contributed by atoms with Gasteiger partial charge >= 0.3 is 5.97 Å². The minimum atomic E-state index is -0.628. The fraction of sp³-hybridized carbons (Fsp3) is 0.923. The molecule has 0 radical (unpaired) electrons. The highest BCUT2D eigenvalue weighted by molar-refractivity contribution is 5.70. The Labute approximate surface area is 98.2 Å². The number of hydrogen-bond donors (Lipinski definition) is 1. The Bertz CT molecular complexity index is 239. The van der Waals surface area contributed by atoms with Crippen molar-refractivity contribution in [2.45, 2.75) is 58.0 Å². The van der Waals surface area contributed by atoms with Crippen LogP contribution < -0.4 is 0 Å². The standard InChI is InChI=1S/C13H24O3/c1-4-7-13(2,16-3)9-10-5-6-11(8-10)12(14)15/h10-11H,4-9H2,1-3H3,(H,14,15)/t10?,11-,13-/m0/s1. The molecule has 0 saturated heterocycles. The van der Waals surface area contributed by atoms with Gasteiger partial charge in [-0.1, -0.05) is 13.3 Å². The number of aliphatic carboxylic acids is 1. The van der Waals surface area contributed by atoms with Crippen LogP contribution in [0, 0.1) is 11.8 Å². The molecule has 0 aromatic rings. The van der Waals surface area contributed by atoms with Gasteiger partial charge in [0.25, 0.3) is 0 Å². The molecule has 3 atom stereocenters. The van der Waals surface area contributed by atoms with Gasteiger partial charge in [-0.2, -0.15) is 0 Å². The minimum Gasteiger partial charge on any atom is -0.481 e. The molecule has 3 nitrogen and oxygen atoms in total. The van der Waals surface area contributed by atoms with Crippen molar-refractivity contribution in [3.8, 4) is 0 Å². The van der Waals surface area contributed by atoms with Crippen molar-refractivity contribution in [3.05, 3.63) is 0 Å². The second-order valence-electron chi connectivity index (χ2n) is 5.32. The number of carboxylic acids is 1. The van der Waals surface area contributed by atoms with Crippen molar-refractivity contribution < 1.29 is 14.6 Å². The maximum absolute atomic E-state index is 10.9. The van der Waals surface area contributed by atoms with E-state index < -0.39 is 5.97 Å². The molecule has 3 heteroatoms. The second kappa shape index (κ2) is 5.67. The maximum Gasteiger partial charge on any atom is 0.306 e. The van der Waals surface area contributed by atoms with Crippen LogP contribution in [0.4, 0.5) is 0 Å². The first-order chi connectivity index (χ1) is 7.50. The molecule has 1 unspecified atom stereocenters. The molecular weight excluding hydrogens is 204 g/mol. The predicted molar refractivity (Wildman–Crippen MR) is 63.4 cm³/mol. The Kier molecular flexibility index (Phi) is 4.78. The van der Waals surface area contributed by atoms with E-state index in [1.54, 1.807) is 7.11 Å². The lowest BCUT2D eigenvalue weighted by Crippen LogP contribution is -2.29. The lowest BCUT2D eigenvalue weighted by atomic mass is 9.87. The summed E-state index contributed by atoms with van der Waals surface area (Å²) in [5.41, 5.74) is -0.0627.